The molecule has 6 aliphatic heterocycles. The van der Waals surface area contributed by atoms with Crippen molar-refractivity contribution in [2.24, 2.45) is 17.4 Å². The van der Waals surface area contributed by atoms with E-state index in [0.717, 1.165) is 109 Å². The molecule has 6 heterocycles. The van der Waals surface area contributed by atoms with E-state index in [1.807, 2.05) is 0 Å². The van der Waals surface area contributed by atoms with Crippen LogP contribution in [0, 0.1) is 5.92 Å². The van der Waals surface area contributed by atoms with Crippen molar-refractivity contribution in [2.45, 2.75) is 241 Å². The Kier molecular flexibility index (Phi) is 17.7. The van der Waals surface area contributed by atoms with Crippen LogP contribution in [0.1, 0.15) is 175 Å². The highest BCUT2D eigenvalue weighted by Gasteiger charge is 2.64. The number of ether oxygens (including phenoxy) is 4. The summed E-state index contributed by atoms with van der Waals surface area (Å²) in [7, 11) is 0. The van der Waals surface area contributed by atoms with Gasteiger partial charge in [0.25, 0.3) is 5.91 Å². The highest BCUT2D eigenvalue weighted by Crippen LogP contribution is 2.50. The third kappa shape index (κ3) is 11.3. The average Bonchev–Trinajstić information content (AvgIpc) is 3.82. The number of hydrogen-bond donors (Lipinski definition) is 6. The maximum absolute atomic E-state index is 14.4. The van der Waals surface area contributed by atoms with E-state index in [9.17, 15) is 19.8 Å². The fourth-order valence-corrected chi connectivity index (χ4v) is 11.3. The topological polar surface area (TPSA) is 194 Å². The normalized spacial score (nSPS) is 37.4. The van der Waals surface area contributed by atoms with Gasteiger partial charge < -0.3 is 45.5 Å². The molecule has 6 rings (SSSR count). The van der Waals surface area contributed by atoms with Crippen molar-refractivity contribution < 1.29 is 38.7 Å². The quantitative estimate of drug-likeness (QED) is 0.0437. The van der Waals surface area contributed by atoms with Gasteiger partial charge in [0.2, 0.25) is 5.79 Å². The molecule has 2 spiro atoms. The smallest absolute Gasteiger partial charge is 0.315 e. The minimum atomic E-state index is -1.86. The zero-order valence-electron chi connectivity index (χ0n) is 37.3. The van der Waals surface area contributed by atoms with Crippen LogP contribution in [0.2, 0.25) is 0 Å². The molecule has 6 fully saturated rings. The number of unbranched alkanes of at least 4 members (excludes halogenated alkanes) is 9. The first kappa shape index (κ1) is 47.8. The number of allylic oxidation sites excluding steroid dienone is 1. The number of nitrogens with two attached hydrogens (primary N) is 2. The number of nitrogens with zero attached hydrogens (tertiary/aromatic N) is 2. The molecule has 6 aliphatic rings. The molecular formula is C46H82N6O8. The van der Waals surface area contributed by atoms with Crippen LogP contribution in [0.15, 0.2) is 12.2 Å². The first-order chi connectivity index (χ1) is 29.0. The van der Waals surface area contributed by atoms with Crippen LogP contribution in [0.4, 0.5) is 0 Å². The van der Waals surface area contributed by atoms with E-state index in [-0.39, 0.29) is 73.7 Å². The Bertz CT molecular complexity index is 1390. The monoisotopic (exact) mass is 847 g/mol. The number of carbonyl (C=O) groups is 2. The van der Waals surface area contributed by atoms with E-state index in [2.05, 4.69) is 48.5 Å². The molecule has 0 aromatic carbocycles. The number of carbonyl (C=O) groups excluding carboxylic acids is 2. The summed E-state index contributed by atoms with van der Waals surface area (Å²) in [5.74, 6) is -2.61. The second-order valence-corrected chi connectivity index (χ2v) is 19.0. The number of aliphatic hydroxyl groups is 2. The highest BCUT2D eigenvalue weighted by atomic mass is 16.7. The maximum atomic E-state index is 14.4. The fraction of sp³-hybridized carbons (Fsp3) is 0.913. The summed E-state index contributed by atoms with van der Waals surface area (Å²) in [5.41, 5.74) is 10.2. The van der Waals surface area contributed by atoms with E-state index in [0.29, 0.717) is 25.4 Å². The molecule has 12 atom stereocenters. The van der Waals surface area contributed by atoms with Gasteiger partial charge in [0.15, 0.2) is 6.23 Å². The Morgan fingerprint density at radius 3 is 2.35 bits per heavy atom. The van der Waals surface area contributed by atoms with Gasteiger partial charge in [0.1, 0.15) is 35.9 Å². The van der Waals surface area contributed by atoms with Crippen molar-refractivity contribution in [1.82, 2.24) is 20.4 Å². The summed E-state index contributed by atoms with van der Waals surface area (Å²) in [5, 5.41) is 29.4. The number of esters is 1. The molecule has 0 saturated carbocycles. The molecule has 0 bridgehead atoms. The molecule has 60 heavy (non-hydrogen) atoms. The van der Waals surface area contributed by atoms with Crippen LogP contribution in [-0.2, 0) is 28.5 Å². The number of rotatable bonds is 23. The number of nitrogens with one attached hydrogen (secondary N) is 2. The molecule has 12 unspecified atom stereocenters. The second kappa shape index (κ2) is 22.3. The van der Waals surface area contributed by atoms with Crippen LogP contribution < -0.4 is 22.1 Å². The van der Waals surface area contributed by atoms with Crippen molar-refractivity contribution in [3.8, 4) is 0 Å². The van der Waals surface area contributed by atoms with Crippen LogP contribution in [-0.4, -0.2) is 118 Å². The van der Waals surface area contributed by atoms with Gasteiger partial charge in [-0.05, 0) is 103 Å². The minimum Gasteiger partial charge on any atom is -0.462 e. The number of amides is 1. The third-order valence-electron chi connectivity index (χ3n) is 14.4. The van der Waals surface area contributed by atoms with E-state index in [4.69, 9.17) is 30.4 Å². The lowest BCUT2D eigenvalue weighted by molar-refractivity contribution is -0.325. The molecule has 8 N–H and O–H groups in total. The molecule has 0 aromatic heterocycles. The van der Waals surface area contributed by atoms with Crippen molar-refractivity contribution in [3.63, 3.8) is 0 Å². The van der Waals surface area contributed by atoms with E-state index in [1.54, 1.807) is 0 Å². The summed E-state index contributed by atoms with van der Waals surface area (Å²) in [6, 6.07) is 0.428. The molecule has 6 saturated heterocycles. The van der Waals surface area contributed by atoms with Gasteiger partial charge in [0.05, 0.1) is 12.2 Å². The van der Waals surface area contributed by atoms with Crippen LogP contribution in [0.3, 0.4) is 0 Å². The Labute approximate surface area is 360 Å². The lowest BCUT2D eigenvalue weighted by Crippen LogP contribution is -2.81. The lowest BCUT2D eigenvalue weighted by Gasteiger charge is -2.60. The molecule has 344 valence electrons. The van der Waals surface area contributed by atoms with E-state index < -0.39 is 23.8 Å². The van der Waals surface area contributed by atoms with Crippen LogP contribution >= 0.6 is 0 Å². The number of hydrogen-bond acceptors (Lipinski definition) is 13. The zero-order valence-corrected chi connectivity index (χ0v) is 37.3. The average molecular weight is 847 g/mol. The van der Waals surface area contributed by atoms with Crippen molar-refractivity contribution in [2.75, 3.05) is 19.6 Å². The Morgan fingerprint density at radius 1 is 0.933 bits per heavy atom. The van der Waals surface area contributed by atoms with Gasteiger partial charge in [-0.3, -0.25) is 25.1 Å². The maximum Gasteiger partial charge on any atom is 0.315 e. The summed E-state index contributed by atoms with van der Waals surface area (Å²) in [6.07, 6.45) is 24.8. The Morgan fingerprint density at radius 2 is 1.67 bits per heavy atom. The van der Waals surface area contributed by atoms with Gasteiger partial charge in [-0.1, -0.05) is 83.8 Å². The Hall–Kier alpha value is -1.72. The second-order valence-electron chi connectivity index (χ2n) is 19.0. The number of aliphatic hydroxyl groups excluding tert-OH is 1. The molecule has 0 radical (unpaired) electrons. The molecule has 14 nitrogen and oxygen atoms in total. The fourth-order valence-electron chi connectivity index (χ4n) is 11.3. The van der Waals surface area contributed by atoms with Gasteiger partial charge >= 0.3 is 5.97 Å². The molecule has 0 aromatic rings. The Balaban J connectivity index is 0.892. The molecule has 14 heteroatoms. The number of morpholine rings is 1. The van der Waals surface area contributed by atoms with Crippen molar-refractivity contribution in [3.05, 3.63) is 12.2 Å². The standard InChI is InChI=1S/C46H82N6O8/c1-4-6-20-36-25-27-44(59-36)32-34-23-24-37-39(45(26-17-19-33(3)58-45)50-43(49-44)52(34)37)41(54)57-35(5-2)21-15-13-11-9-7-8-10-12-14-16-22-38-40(53)51(31-18-29-47)42(55)46(56,60-38)28-30-48/h6,20,33-39,42-43,49-50,55-56H,4-5,7-19,21-32,47-48H2,1-3H3. The predicted molar refractivity (Wildman–Crippen MR) is 231 cm³/mol. The van der Waals surface area contributed by atoms with Gasteiger partial charge in [-0.15, -0.1) is 0 Å². The largest absolute Gasteiger partial charge is 0.462 e. The molecule has 1 amide bonds. The zero-order chi connectivity index (χ0) is 42.8. The van der Waals surface area contributed by atoms with E-state index >= 15 is 0 Å². The highest BCUT2D eigenvalue weighted by molar-refractivity contribution is 5.82. The van der Waals surface area contributed by atoms with Gasteiger partial charge in [-0.25, -0.2) is 0 Å². The van der Waals surface area contributed by atoms with Crippen LogP contribution in [0.5, 0.6) is 0 Å². The van der Waals surface area contributed by atoms with Gasteiger partial charge in [0, 0.05) is 31.5 Å². The summed E-state index contributed by atoms with van der Waals surface area (Å²) in [6.45, 7) is 7.24. The lowest BCUT2D eigenvalue weighted by atomic mass is 9.79. The molecular weight excluding hydrogens is 765 g/mol. The summed E-state index contributed by atoms with van der Waals surface area (Å²) < 4.78 is 25.8. The predicted octanol–water partition coefficient (Wildman–Crippen LogP) is 5.38. The molecule has 0 aliphatic carbocycles. The van der Waals surface area contributed by atoms with Gasteiger partial charge in [-0.2, -0.15) is 0 Å². The first-order valence-corrected chi connectivity index (χ1v) is 24.4. The first-order valence-electron chi connectivity index (χ1n) is 24.4. The third-order valence-corrected chi connectivity index (χ3v) is 14.4. The summed E-state index contributed by atoms with van der Waals surface area (Å²) >= 11 is 0. The minimum absolute atomic E-state index is 0.0476. The van der Waals surface area contributed by atoms with Crippen molar-refractivity contribution in [1.29, 1.82) is 0 Å². The van der Waals surface area contributed by atoms with Crippen LogP contribution in [0.25, 0.3) is 0 Å². The SMILES string of the molecule is CCC=CC1CCC2(CC3CCC4C(C(=O)OC(CC)CCCCCCCCCCCCC5OC(O)(CCN)C(O)N(CCCN)C5=O)C5(CCCC(C)O5)NC(N2)N34)O1. The van der Waals surface area contributed by atoms with Crippen molar-refractivity contribution >= 4 is 11.9 Å². The van der Waals surface area contributed by atoms with E-state index in [1.165, 1.54) is 30.6 Å². The summed E-state index contributed by atoms with van der Waals surface area (Å²) in [4.78, 5) is 31.3.